The average molecular weight is 246 g/mol. The molecule has 1 aromatic rings. The van der Waals surface area contributed by atoms with E-state index < -0.39 is 0 Å². The van der Waals surface area contributed by atoms with Crippen molar-refractivity contribution in [3.05, 3.63) is 24.3 Å². The largest absolute Gasteiger partial charge is 0.479 e. The minimum atomic E-state index is 0.0811. The summed E-state index contributed by atoms with van der Waals surface area (Å²) in [6, 6.07) is 10.1. The first kappa shape index (κ1) is 12.7. The lowest BCUT2D eigenvalue weighted by atomic mass is 10.0. The Hall–Kier alpha value is -1.73. The molecule has 1 fully saturated rings. The Bertz CT molecular complexity index is 428. The molecular weight excluding hydrogens is 228 g/mol. The number of rotatable bonds is 4. The number of nitriles is 1. The number of hydrogen-bond donors (Lipinski definition) is 1. The Kier molecular flexibility index (Phi) is 4.43. The molecule has 1 saturated heterocycles. The van der Waals surface area contributed by atoms with E-state index in [0.29, 0.717) is 12.1 Å². The number of nitrogens with one attached hydrogen (secondary N) is 1. The van der Waals surface area contributed by atoms with Crippen molar-refractivity contribution in [2.75, 3.05) is 18.5 Å². The Morgan fingerprint density at radius 3 is 3.22 bits per heavy atom. The molecule has 0 spiro atoms. The maximum Gasteiger partial charge on any atom is 0.174 e. The summed E-state index contributed by atoms with van der Waals surface area (Å²) in [5, 5.41) is 12.0. The van der Waals surface area contributed by atoms with Crippen molar-refractivity contribution in [2.24, 2.45) is 0 Å². The van der Waals surface area contributed by atoms with Crippen LogP contribution in [0, 0.1) is 11.3 Å². The molecule has 1 aliphatic rings. The van der Waals surface area contributed by atoms with Gasteiger partial charge < -0.3 is 14.8 Å². The fraction of sp³-hybridized carbons (Fsp3) is 0.500. The Morgan fingerprint density at radius 1 is 1.56 bits per heavy atom. The molecule has 0 aliphatic carbocycles. The van der Waals surface area contributed by atoms with Gasteiger partial charge in [-0.15, -0.1) is 0 Å². The van der Waals surface area contributed by atoms with Crippen LogP contribution in [0.1, 0.15) is 19.8 Å². The van der Waals surface area contributed by atoms with Crippen molar-refractivity contribution in [1.29, 1.82) is 5.26 Å². The molecule has 0 amide bonds. The third-order valence-corrected chi connectivity index (χ3v) is 2.99. The molecule has 1 aliphatic heterocycles. The highest BCUT2D eigenvalue weighted by atomic mass is 16.5. The van der Waals surface area contributed by atoms with Crippen LogP contribution < -0.4 is 10.1 Å². The van der Waals surface area contributed by atoms with Crippen molar-refractivity contribution in [3.63, 3.8) is 0 Å². The maximum absolute atomic E-state index is 8.48. The van der Waals surface area contributed by atoms with Gasteiger partial charge in [-0.1, -0.05) is 6.07 Å². The second-order valence-electron chi connectivity index (χ2n) is 4.52. The first-order valence-electron chi connectivity index (χ1n) is 6.26. The third-order valence-electron chi connectivity index (χ3n) is 2.99. The molecule has 2 rings (SSSR count). The van der Waals surface area contributed by atoms with E-state index in [2.05, 4.69) is 12.2 Å². The van der Waals surface area contributed by atoms with E-state index >= 15 is 0 Å². The average Bonchev–Trinajstić information content (AvgIpc) is 2.37. The van der Waals surface area contributed by atoms with E-state index in [9.17, 15) is 0 Å². The highest BCUT2D eigenvalue weighted by Gasteiger charge is 2.18. The van der Waals surface area contributed by atoms with Crippen molar-refractivity contribution in [3.8, 4) is 11.8 Å². The molecule has 1 aromatic carbocycles. The molecule has 4 heteroatoms. The molecule has 0 radical (unpaired) electrons. The van der Waals surface area contributed by atoms with E-state index in [1.165, 1.54) is 0 Å². The zero-order valence-electron chi connectivity index (χ0n) is 10.6. The summed E-state index contributed by atoms with van der Waals surface area (Å²) in [6.45, 7) is 2.99. The number of ether oxygens (including phenoxy) is 2. The number of hydrogen-bond acceptors (Lipinski definition) is 4. The molecule has 0 aromatic heterocycles. The smallest absolute Gasteiger partial charge is 0.174 e. The van der Waals surface area contributed by atoms with Gasteiger partial charge in [0.05, 0.1) is 6.10 Å². The highest BCUT2D eigenvalue weighted by Crippen LogP contribution is 2.22. The summed E-state index contributed by atoms with van der Waals surface area (Å²) in [6.07, 6.45) is 2.35. The van der Waals surface area contributed by atoms with Gasteiger partial charge in [0, 0.05) is 24.4 Å². The van der Waals surface area contributed by atoms with E-state index in [0.717, 1.165) is 30.9 Å². The van der Waals surface area contributed by atoms with Gasteiger partial charge >= 0.3 is 0 Å². The lowest BCUT2D eigenvalue weighted by Crippen LogP contribution is -2.32. The van der Waals surface area contributed by atoms with Gasteiger partial charge in [0.25, 0.3) is 0 Å². The van der Waals surface area contributed by atoms with Gasteiger partial charge in [0.2, 0.25) is 0 Å². The third kappa shape index (κ3) is 3.64. The van der Waals surface area contributed by atoms with Crippen LogP contribution in [0.4, 0.5) is 5.69 Å². The van der Waals surface area contributed by atoms with Crippen molar-refractivity contribution >= 4 is 5.69 Å². The monoisotopic (exact) mass is 246 g/mol. The van der Waals surface area contributed by atoms with Gasteiger partial charge in [-0.2, -0.15) is 5.26 Å². The number of benzene rings is 1. The number of anilines is 1. The van der Waals surface area contributed by atoms with Crippen molar-refractivity contribution in [1.82, 2.24) is 0 Å². The topological polar surface area (TPSA) is 54.3 Å². The summed E-state index contributed by atoms with van der Waals surface area (Å²) in [5.74, 6) is 0.724. The van der Waals surface area contributed by atoms with E-state index in [1.54, 1.807) is 0 Å². The summed E-state index contributed by atoms with van der Waals surface area (Å²) in [4.78, 5) is 0. The van der Waals surface area contributed by atoms with E-state index in [4.69, 9.17) is 14.7 Å². The number of nitrogens with zero attached hydrogens (tertiary/aromatic N) is 1. The normalized spacial score (nSPS) is 23.1. The lowest BCUT2D eigenvalue weighted by molar-refractivity contribution is 0.0232. The molecule has 4 nitrogen and oxygen atoms in total. The standard InChI is InChI=1S/C14H18N2O2/c1-11-9-13(5-7-17-11)16-12-3-2-4-14(10-12)18-8-6-15/h2-4,10-11,13,16H,5,7-9H2,1H3. The zero-order valence-corrected chi connectivity index (χ0v) is 10.6. The molecule has 18 heavy (non-hydrogen) atoms. The molecule has 2 atom stereocenters. The first-order chi connectivity index (χ1) is 8.78. The predicted octanol–water partition coefficient (Wildman–Crippen LogP) is 2.57. The highest BCUT2D eigenvalue weighted by molar-refractivity contribution is 5.49. The summed E-state index contributed by atoms with van der Waals surface area (Å²) < 4.78 is 10.8. The van der Waals surface area contributed by atoms with Gasteiger partial charge in [0.1, 0.15) is 11.8 Å². The van der Waals surface area contributed by atoms with Crippen molar-refractivity contribution < 1.29 is 9.47 Å². The van der Waals surface area contributed by atoms with Crippen LogP contribution in [-0.4, -0.2) is 25.4 Å². The van der Waals surface area contributed by atoms with Gasteiger partial charge in [-0.05, 0) is 31.9 Å². The SMILES string of the molecule is CC1CC(Nc2cccc(OCC#N)c2)CCO1. The van der Waals surface area contributed by atoms with Crippen LogP contribution in [0.25, 0.3) is 0 Å². The minimum Gasteiger partial charge on any atom is -0.479 e. The van der Waals surface area contributed by atoms with Crippen LogP contribution in [0.2, 0.25) is 0 Å². The van der Waals surface area contributed by atoms with Gasteiger partial charge in [-0.3, -0.25) is 0 Å². The second-order valence-corrected chi connectivity index (χ2v) is 4.52. The fourth-order valence-electron chi connectivity index (χ4n) is 2.16. The van der Waals surface area contributed by atoms with Crippen LogP contribution in [-0.2, 0) is 4.74 Å². The van der Waals surface area contributed by atoms with Gasteiger partial charge in [-0.25, -0.2) is 0 Å². The van der Waals surface area contributed by atoms with E-state index in [1.807, 2.05) is 30.3 Å². The van der Waals surface area contributed by atoms with Crippen molar-refractivity contribution in [2.45, 2.75) is 31.9 Å². The molecule has 96 valence electrons. The van der Waals surface area contributed by atoms with Crippen LogP contribution >= 0.6 is 0 Å². The minimum absolute atomic E-state index is 0.0811. The van der Waals surface area contributed by atoms with Gasteiger partial charge in [0.15, 0.2) is 6.61 Å². The quantitative estimate of drug-likeness (QED) is 0.887. The van der Waals surface area contributed by atoms with Crippen LogP contribution in [0.15, 0.2) is 24.3 Å². The molecule has 1 N–H and O–H groups in total. The summed E-state index contributed by atoms with van der Waals surface area (Å²) in [7, 11) is 0. The Labute approximate surface area is 108 Å². The molecule has 0 saturated carbocycles. The van der Waals surface area contributed by atoms with E-state index in [-0.39, 0.29) is 6.61 Å². The fourth-order valence-corrected chi connectivity index (χ4v) is 2.16. The second kappa shape index (κ2) is 6.27. The Balaban J connectivity index is 1.94. The summed E-state index contributed by atoms with van der Waals surface area (Å²) in [5.41, 5.74) is 1.03. The molecule has 2 unspecified atom stereocenters. The van der Waals surface area contributed by atoms with Crippen LogP contribution in [0.5, 0.6) is 5.75 Å². The lowest BCUT2D eigenvalue weighted by Gasteiger charge is -2.28. The zero-order chi connectivity index (χ0) is 12.8. The molecule has 1 heterocycles. The summed E-state index contributed by atoms with van der Waals surface area (Å²) >= 11 is 0. The Morgan fingerprint density at radius 2 is 2.44 bits per heavy atom. The predicted molar refractivity (Wildman–Crippen MR) is 69.6 cm³/mol. The molecule has 0 bridgehead atoms. The first-order valence-corrected chi connectivity index (χ1v) is 6.26. The van der Waals surface area contributed by atoms with Crippen LogP contribution in [0.3, 0.4) is 0 Å². The maximum atomic E-state index is 8.48. The molecular formula is C14H18N2O2.